The monoisotopic (exact) mass is 364 g/mol. The number of aliphatic hydroxyl groups excluding tert-OH is 1. The summed E-state index contributed by atoms with van der Waals surface area (Å²) in [5, 5.41) is 19.4. The molecule has 2 N–H and O–H groups in total. The molecule has 1 saturated heterocycles. The van der Waals surface area contributed by atoms with Crippen molar-refractivity contribution in [3.8, 4) is 11.5 Å². The Labute approximate surface area is 151 Å². The molecule has 1 aliphatic rings. The van der Waals surface area contributed by atoms with Crippen molar-refractivity contribution in [2.75, 3.05) is 44.2 Å². The predicted octanol–water partition coefficient (Wildman–Crippen LogP) is 2.23. The second kappa shape index (κ2) is 8.33. The fourth-order valence-electron chi connectivity index (χ4n) is 2.99. The van der Waals surface area contributed by atoms with Crippen LogP contribution < -0.4 is 9.64 Å². The highest BCUT2D eigenvalue weighted by molar-refractivity contribution is 5.48. The summed E-state index contributed by atoms with van der Waals surface area (Å²) < 4.78 is 32.4. The van der Waals surface area contributed by atoms with Gasteiger partial charge < -0.3 is 19.8 Å². The molecular formula is C19H22F2N2O3. The molecule has 1 aliphatic heterocycles. The van der Waals surface area contributed by atoms with Crippen LogP contribution >= 0.6 is 0 Å². The van der Waals surface area contributed by atoms with Crippen molar-refractivity contribution in [2.45, 2.75) is 6.10 Å². The lowest BCUT2D eigenvalue weighted by Gasteiger charge is -2.37. The Morgan fingerprint density at radius 1 is 1.00 bits per heavy atom. The summed E-state index contributed by atoms with van der Waals surface area (Å²) in [4.78, 5) is 3.97. The molecule has 0 spiro atoms. The zero-order valence-corrected chi connectivity index (χ0v) is 14.3. The van der Waals surface area contributed by atoms with E-state index in [1.165, 1.54) is 24.3 Å². The third-order valence-electron chi connectivity index (χ3n) is 4.37. The molecule has 0 aromatic heterocycles. The summed E-state index contributed by atoms with van der Waals surface area (Å²) in [6.45, 7) is 3.16. The van der Waals surface area contributed by atoms with Gasteiger partial charge in [-0.25, -0.2) is 8.78 Å². The average Bonchev–Trinajstić information content (AvgIpc) is 2.62. The van der Waals surface area contributed by atoms with Gasteiger partial charge in [0.05, 0.1) is 5.69 Å². The van der Waals surface area contributed by atoms with Crippen LogP contribution in [0.3, 0.4) is 0 Å². The molecule has 7 heteroatoms. The van der Waals surface area contributed by atoms with Gasteiger partial charge in [0.2, 0.25) is 0 Å². The number of phenols is 1. The molecule has 3 rings (SSSR count). The summed E-state index contributed by atoms with van der Waals surface area (Å²) in [6, 6.07) is 9.93. The fourth-order valence-corrected chi connectivity index (χ4v) is 2.99. The van der Waals surface area contributed by atoms with Crippen LogP contribution in [-0.4, -0.2) is 60.5 Å². The van der Waals surface area contributed by atoms with Crippen LogP contribution in [0.2, 0.25) is 0 Å². The second-order valence-electron chi connectivity index (χ2n) is 6.34. The molecule has 2 aromatic carbocycles. The van der Waals surface area contributed by atoms with Gasteiger partial charge >= 0.3 is 0 Å². The van der Waals surface area contributed by atoms with Crippen molar-refractivity contribution in [3.05, 3.63) is 54.1 Å². The van der Waals surface area contributed by atoms with E-state index >= 15 is 0 Å². The summed E-state index contributed by atoms with van der Waals surface area (Å²) >= 11 is 0. The largest absolute Gasteiger partial charge is 0.508 e. The normalized spacial score (nSPS) is 16.5. The third-order valence-corrected chi connectivity index (χ3v) is 4.37. The van der Waals surface area contributed by atoms with Crippen LogP contribution in [-0.2, 0) is 0 Å². The maximum Gasteiger partial charge on any atom is 0.149 e. The topological polar surface area (TPSA) is 56.2 Å². The minimum Gasteiger partial charge on any atom is -0.508 e. The van der Waals surface area contributed by atoms with E-state index in [4.69, 9.17) is 4.74 Å². The molecule has 1 fully saturated rings. The number of ether oxygens (including phenoxy) is 1. The number of hydrogen-bond acceptors (Lipinski definition) is 5. The Kier molecular flexibility index (Phi) is 5.90. The lowest BCUT2D eigenvalue weighted by Crippen LogP contribution is -2.49. The minimum absolute atomic E-state index is 0.150. The maximum absolute atomic E-state index is 13.9. The van der Waals surface area contributed by atoms with Gasteiger partial charge in [0.1, 0.15) is 35.8 Å². The highest BCUT2D eigenvalue weighted by Crippen LogP contribution is 2.21. The lowest BCUT2D eigenvalue weighted by atomic mass is 10.2. The SMILES string of the molecule is Oc1ccc(OC[C@@H](O)CN2CCN(c3ccc(F)cc3F)CC2)cc1. The highest BCUT2D eigenvalue weighted by atomic mass is 19.1. The van der Waals surface area contributed by atoms with E-state index < -0.39 is 17.7 Å². The Morgan fingerprint density at radius 2 is 1.69 bits per heavy atom. The van der Waals surface area contributed by atoms with Gasteiger partial charge in [0.15, 0.2) is 0 Å². The van der Waals surface area contributed by atoms with Gasteiger partial charge in [0.25, 0.3) is 0 Å². The first-order valence-electron chi connectivity index (χ1n) is 8.53. The van der Waals surface area contributed by atoms with Crippen LogP contribution in [0.1, 0.15) is 0 Å². The van der Waals surface area contributed by atoms with E-state index in [2.05, 4.69) is 4.90 Å². The van der Waals surface area contributed by atoms with Crippen molar-refractivity contribution < 1.29 is 23.7 Å². The molecule has 1 atom stereocenters. The van der Waals surface area contributed by atoms with Crippen molar-refractivity contribution in [3.63, 3.8) is 0 Å². The molecule has 5 nitrogen and oxygen atoms in total. The third kappa shape index (κ3) is 4.83. The second-order valence-corrected chi connectivity index (χ2v) is 6.34. The first-order chi connectivity index (χ1) is 12.5. The van der Waals surface area contributed by atoms with E-state index in [0.29, 0.717) is 44.2 Å². The Balaban J connectivity index is 1.43. The number of piperazine rings is 1. The molecule has 1 heterocycles. The minimum atomic E-state index is -0.655. The number of aliphatic hydroxyl groups is 1. The van der Waals surface area contributed by atoms with Gasteiger partial charge in [-0.05, 0) is 36.4 Å². The summed E-state index contributed by atoms with van der Waals surface area (Å²) in [5.74, 6) is -0.394. The van der Waals surface area contributed by atoms with Gasteiger partial charge in [-0.3, -0.25) is 4.90 Å². The first-order valence-corrected chi connectivity index (χ1v) is 8.53. The van der Waals surface area contributed by atoms with Crippen LogP contribution in [0.5, 0.6) is 11.5 Å². The van der Waals surface area contributed by atoms with Gasteiger partial charge in [-0.2, -0.15) is 0 Å². The molecule has 2 aromatic rings. The number of nitrogens with zero attached hydrogens (tertiary/aromatic N) is 2. The standard InChI is InChI=1S/C19H22F2N2O3/c20-14-1-6-19(18(21)11-14)23-9-7-22(8-10-23)12-16(25)13-26-17-4-2-15(24)3-5-17/h1-6,11,16,24-25H,7-10,12-13H2/t16-/m0/s1. The van der Waals surface area contributed by atoms with Crippen LogP contribution in [0.4, 0.5) is 14.5 Å². The van der Waals surface area contributed by atoms with Crippen molar-refractivity contribution in [1.29, 1.82) is 0 Å². The van der Waals surface area contributed by atoms with E-state index in [1.54, 1.807) is 12.1 Å². The number of halogens is 2. The molecule has 26 heavy (non-hydrogen) atoms. The molecule has 140 valence electrons. The lowest BCUT2D eigenvalue weighted by molar-refractivity contribution is 0.0662. The molecular weight excluding hydrogens is 342 g/mol. The first kappa shape index (κ1) is 18.4. The van der Waals surface area contributed by atoms with Crippen molar-refractivity contribution in [2.24, 2.45) is 0 Å². The maximum atomic E-state index is 13.9. The van der Waals surface area contributed by atoms with Crippen LogP contribution in [0.25, 0.3) is 0 Å². The predicted molar refractivity (Wildman–Crippen MR) is 94.6 cm³/mol. The van der Waals surface area contributed by atoms with E-state index in [-0.39, 0.29) is 12.4 Å². The number of phenolic OH excluding ortho intramolecular Hbond substituents is 1. The Hall–Kier alpha value is -2.38. The summed E-state index contributed by atoms with van der Waals surface area (Å²) in [6.07, 6.45) is -0.655. The van der Waals surface area contributed by atoms with Gasteiger partial charge in [-0.1, -0.05) is 0 Å². The van der Waals surface area contributed by atoms with Crippen molar-refractivity contribution >= 4 is 5.69 Å². The average molecular weight is 364 g/mol. The highest BCUT2D eigenvalue weighted by Gasteiger charge is 2.21. The number of benzene rings is 2. The van der Waals surface area contributed by atoms with Gasteiger partial charge in [-0.15, -0.1) is 0 Å². The molecule has 0 amide bonds. The van der Waals surface area contributed by atoms with E-state index in [0.717, 1.165) is 6.07 Å². The molecule has 0 saturated carbocycles. The van der Waals surface area contributed by atoms with Crippen LogP contribution in [0, 0.1) is 11.6 Å². The van der Waals surface area contributed by atoms with Gasteiger partial charge in [0, 0.05) is 38.8 Å². The quantitative estimate of drug-likeness (QED) is 0.823. The molecule has 0 aliphatic carbocycles. The van der Waals surface area contributed by atoms with E-state index in [9.17, 15) is 19.0 Å². The Morgan fingerprint density at radius 3 is 2.35 bits per heavy atom. The number of rotatable bonds is 6. The van der Waals surface area contributed by atoms with E-state index in [1.807, 2.05) is 4.90 Å². The van der Waals surface area contributed by atoms with Crippen molar-refractivity contribution in [1.82, 2.24) is 4.90 Å². The molecule has 0 bridgehead atoms. The van der Waals surface area contributed by atoms with Crippen LogP contribution in [0.15, 0.2) is 42.5 Å². The smallest absolute Gasteiger partial charge is 0.149 e. The number of β-amino-alcohol motifs (C(OH)–C–C–N with tert-alkyl or cyclic N) is 1. The zero-order chi connectivity index (χ0) is 18.5. The molecule has 0 unspecified atom stereocenters. The number of aromatic hydroxyl groups is 1. The summed E-state index contributed by atoms with van der Waals surface area (Å²) in [7, 11) is 0. The molecule has 0 radical (unpaired) electrons. The summed E-state index contributed by atoms with van der Waals surface area (Å²) in [5.41, 5.74) is 0.405. The number of anilines is 1. The Bertz CT molecular complexity index is 719. The fraction of sp³-hybridized carbons (Fsp3) is 0.368. The zero-order valence-electron chi connectivity index (χ0n) is 14.3. The number of hydrogen-bond donors (Lipinski definition) is 2.